The summed E-state index contributed by atoms with van der Waals surface area (Å²) in [5, 5.41) is 2.88. The standard InChI is InChI=1S/C9H15NO2/c1-2-7-6-4-3-5-8(6)12-9(11)10-7/h6-8H,2-5H2,1H3,(H,10,11)/t6?,7-,8+/m1/s1. The van der Waals surface area contributed by atoms with Crippen LogP contribution in [0, 0.1) is 5.92 Å². The van der Waals surface area contributed by atoms with Crippen molar-refractivity contribution in [1.29, 1.82) is 0 Å². The van der Waals surface area contributed by atoms with Gasteiger partial charge >= 0.3 is 6.09 Å². The Balaban J connectivity index is 2.08. The number of hydrogen-bond donors (Lipinski definition) is 1. The molecule has 0 radical (unpaired) electrons. The normalized spacial score (nSPS) is 40.1. The molecule has 3 heteroatoms. The molecule has 1 aliphatic heterocycles. The fourth-order valence-corrected chi connectivity index (χ4v) is 2.40. The Morgan fingerprint density at radius 1 is 1.58 bits per heavy atom. The number of fused-ring (bicyclic) bond motifs is 1. The lowest BCUT2D eigenvalue weighted by Gasteiger charge is -2.33. The summed E-state index contributed by atoms with van der Waals surface area (Å²) in [4.78, 5) is 11.0. The average molecular weight is 169 g/mol. The smallest absolute Gasteiger partial charge is 0.407 e. The molecule has 0 aromatic carbocycles. The zero-order valence-corrected chi connectivity index (χ0v) is 7.38. The van der Waals surface area contributed by atoms with Crippen molar-refractivity contribution in [3.8, 4) is 0 Å². The maximum atomic E-state index is 11.0. The summed E-state index contributed by atoms with van der Waals surface area (Å²) in [6, 6.07) is 0.360. The second-order valence-electron chi connectivity index (χ2n) is 3.70. The van der Waals surface area contributed by atoms with Crippen molar-refractivity contribution in [2.75, 3.05) is 0 Å². The number of hydrogen-bond acceptors (Lipinski definition) is 2. The van der Waals surface area contributed by atoms with Gasteiger partial charge in [0.05, 0.1) is 0 Å². The van der Waals surface area contributed by atoms with Gasteiger partial charge in [-0.2, -0.15) is 0 Å². The van der Waals surface area contributed by atoms with Crippen LogP contribution in [0.2, 0.25) is 0 Å². The second-order valence-corrected chi connectivity index (χ2v) is 3.70. The molecule has 68 valence electrons. The van der Waals surface area contributed by atoms with Crippen molar-refractivity contribution in [3.63, 3.8) is 0 Å². The van der Waals surface area contributed by atoms with E-state index in [1.54, 1.807) is 0 Å². The molecular formula is C9H15NO2. The first kappa shape index (κ1) is 7.90. The van der Waals surface area contributed by atoms with Crippen molar-refractivity contribution in [2.24, 2.45) is 5.92 Å². The number of ether oxygens (including phenoxy) is 1. The monoisotopic (exact) mass is 169 g/mol. The summed E-state index contributed by atoms with van der Waals surface area (Å²) < 4.78 is 5.19. The lowest BCUT2D eigenvalue weighted by atomic mass is 9.93. The molecule has 1 saturated carbocycles. The molecule has 0 spiro atoms. The molecule has 12 heavy (non-hydrogen) atoms. The third-order valence-electron chi connectivity index (χ3n) is 3.02. The van der Waals surface area contributed by atoms with E-state index >= 15 is 0 Å². The van der Waals surface area contributed by atoms with Crippen LogP contribution in [0.1, 0.15) is 32.6 Å². The predicted molar refractivity (Wildman–Crippen MR) is 44.8 cm³/mol. The minimum Gasteiger partial charge on any atom is -0.446 e. The van der Waals surface area contributed by atoms with Crippen molar-refractivity contribution >= 4 is 6.09 Å². The Morgan fingerprint density at radius 2 is 2.42 bits per heavy atom. The van der Waals surface area contributed by atoms with E-state index in [1.807, 2.05) is 0 Å². The van der Waals surface area contributed by atoms with Crippen LogP contribution in [-0.2, 0) is 4.74 Å². The maximum absolute atomic E-state index is 11.0. The molecule has 1 saturated heterocycles. The highest BCUT2D eigenvalue weighted by Gasteiger charge is 2.40. The topological polar surface area (TPSA) is 38.3 Å². The minimum atomic E-state index is -0.218. The van der Waals surface area contributed by atoms with Crippen molar-refractivity contribution in [3.05, 3.63) is 0 Å². The van der Waals surface area contributed by atoms with E-state index in [-0.39, 0.29) is 12.2 Å². The number of amides is 1. The molecule has 0 bridgehead atoms. The zero-order valence-electron chi connectivity index (χ0n) is 7.38. The average Bonchev–Trinajstić information content (AvgIpc) is 2.50. The Bertz CT molecular complexity index is 193. The van der Waals surface area contributed by atoms with Gasteiger partial charge in [-0.05, 0) is 25.7 Å². The molecule has 0 aromatic heterocycles. The second kappa shape index (κ2) is 2.96. The Morgan fingerprint density at radius 3 is 3.17 bits per heavy atom. The fourth-order valence-electron chi connectivity index (χ4n) is 2.40. The molecule has 3 atom stereocenters. The quantitative estimate of drug-likeness (QED) is 0.648. The first-order valence-electron chi connectivity index (χ1n) is 4.78. The minimum absolute atomic E-state index is 0.212. The summed E-state index contributed by atoms with van der Waals surface area (Å²) in [5.41, 5.74) is 0. The van der Waals surface area contributed by atoms with Crippen LogP contribution < -0.4 is 5.32 Å². The highest BCUT2D eigenvalue weighted by atomic mass is 16.6. The number of alkyl carbamates (subject to hydrolysis) is 1. The van der Waals surface area contributed by atoms with Crippen LogP contribution in [0.25, 0.3) is 0 Å². The molecule has 1 unspecified atom stereocenters. The van der Waals surface area contributed by atoms with E-state index in [9.17, 15) is 4.79 Å². The molecule has 0 aromatic rings. The van der Waals surface area contributed by atoms with Crippen molar-refractivity contribution in [2.45, 2.75) is 44.8 Å². The third kappa shape index (κ3) is 1.17. The summed E-state index contributed by atoms with van der Waals surface area (Å²) in [6.07, 6.45) is 4.50. The zero-order chi connectivity index (χ0) is 8.55. The summed E-state index contributed by atoms with van der Waals surface area (Å²) in [6.45, 7) is 2.12. The van der Waals surface area contributed by atoms with E-state index in [4.69, 9.17) is 4.74 Å². The lowest BCUT2D eigenvalue weighted by molar-refractivity contribution is 0.0313. The number of nitrogens with one attached hydrogen (secondary N) is 1. The summed E-state index contributed by atoms with van der Waals surface area (Å²) in [7, 11) is 0. The van der Waals surface area contributed by atoms with Crippen LogP contribution in [0.5, 0.6) is 0 Å². The SMILES string of the molecule is CC[C@H]1NC(=O)O[C@H]2CCCC21. The maximum Gasteiger partial charge on any atom is 0.407 e. The van der Waals surface area contributed by atoms with Gasteiger partial charge in [0.25, 0.3) is 0 Å². The van der Waals surface area contributed by atoms with Gasteiger partial charge < -0.3 is 10.1 Å². The summed E-state index contributed by atoms with van der Waals surface area (Å²) in [5.74, 6) is 0.577. The number of carbonyl (C=O) groups excluding carboxylic acids is 1. The van der Waals surface area contributed by atoms with Crippen LogP contribution in [-0.4, -0.2) is 18.2 Å². The van der Waals surface area contributed by atoms with Gasteiger partial charge in [0.15, 0.2) is 0 Å². The van der Waals surface area contributed by atoms with E-state index in [2.05, 4.69) is 12.2 Å². The van der Waals surface area contributed by atoms with E-state index in [0.717, 1.165) is 12.8 Å². The van der Waals surface area contributed by atoms with Crippen LogP contribution in [0.3, 0.4) is 0 Å². The van der Waals surface area contributed by atoms with E-state index in [1.165, 1.54) is 12.8 Å². The van der Waals surface area contributed by atoms with Crippen LogP contribution in [0.4, 0.5) is 4.79 Å². The first-order valence-corrected chi connectivity index (χ1v) is 4.78. The molecule has 2 rings (SSSR count). The molecule has 3 nitrogen and oxygen atoms in total. The predicted octanol–water partition coefficient (Wildman–Crippen LogP) is 1.67. The summed E-state index contributed by atoms with van der Waals surface area (Å²) >= 11 is 0. The molecule has 2 fully saturated rings. The molecule has 1 heterocycles. The lowest BCUT2D eigenvalue weighted by Crippen LogP contribution is -2.50. The van der Waals surface area contributed by atoms with Gasteiger partial charge in [-0.1, -0.05) is 6.92 Å². The van der Waals surface area contributed by atoms with Crippen LogP contribution >= 0.6 is 0 Å². The van der Waals surface area contributed by atoms with Gasteiger partial charge in [-0.25, -0.2) is 4.79 Å². The molecule has 1 amide bonds. The van der Waals surface area contributed by atoms with Gasteiger partial charge in [0.1, 0.15) is 6.10 Å². The molecule has 1 aliphatic carbocycles. The van der Waals surface area contributed by atoms with Crippen molar-refractivity contribution in [1.82, 2.24) is 5.32 Å². The molecular weight excluding hydrogens is 154 g/mol. The number of carbonyl (C=O) groups is 1. The van der Waals surface area contributed by atoms with Gasteiger partial charge in [-0.15, -0.1) is 0 Å². The highest BCUT2D eigenvalue weighted by molar-refractivity contribution is 5.68. The van der Waals surface area contributed by atoms with E-state index in [0.29, 0.717) is 12.0 Å². The van der Waals surface area contributed by atoms with Crippen LogP contribution in [0.15, 0.2) is 0 Å². The largest absolute Gasteiger partial charge is 0.446 e. The highest BCUT2D eigenvalue weighted by Crippen LogP contribution is 2.34. The molecule has 1 N–H and O–H groups in total. The first-order chi connectivity index (χ1) is 5.81. The van der Waals surface area contributed by atoms with Gasteiger partial charge in [-0.3, -0.25) is 0 Å². The van der Waals surface area contributed by atoms with Crippen molar-refractivity contribution < 1.29 is 9.53 Å². The Hall–Kier alpha value is -0.730. The third-order valence-corrected chi connectivity index (χ3v) is 3.02. The van der Waals surface area contributed by atoms with Gasteiger partial charge in [0.2, 0.25) is 0 Å². The molecule has 2 aliphatic rings. The Kier molecular flexibility index (Phi) is 1.95. The van der Waals surface area contributed by atoms with Gasteiger partial charge in [0, 0.05) is 12.0 Å². The van der Waals surface area contributed by atoms with E-state index < -0.39 is 0 Å². The number of rotatable bonds is 1. The fraction of sp³-hybridized carbons (Fsp3) is 0.889. The Labute approximate surface area is 72.5 Å².